The monoisotopic (exact) mass is 356 g/mol. The van der Waals surface area contributed by atoms with Crippen molar-refractivity contribution >= 4 is 67.4 Å². The van der Waals surface area contributed by atoms with Crippen LogP contribution in [-0.2, 0) is 0 Å². The van der Waals surface area contributed by atoms with Gasteiger partial charge in [-0.25, -0.2) is 0 Å². The molecule has 1 aromatic rings. The number of hydrogen-bond acceptors (Lipinski definition) is 4. The average Bonchev–Trinajstić information content (AvgIpc) is 2.38. The Hall–Kier alpha value is -0.940. The van der Waals surface area contributed by atoms with Crippen molar-refractivity contribution in [3.05, 3.63) is 34.4 Å². The van der Waals surface area contributed by atoms with Gasteiger partial charge in [0.15, 0.2) is 0 Å². The number of halogens is 4. The summed E-state index contributed by atoms with van der Waals surface area (Å²) >= 11 is 21.0. The molecule has 1 rings (SSSR count). The van der Waals surface area contributed by atoms with E-state index in [0.717, 1.165) is 12.1 Å². The molecule has 0 heterocycles. The summed E-state index contributed by atoms with van der Waals surface area (Å²) in [6, 6.07) is 1.80. The molecule has 8 heteroatoms. The summed E-state index contributed by atoms with van der Waals surface area (Å²) in [5.41, 5.74) is -1.32. The van der Waals surface area contributed by atoms with Gasteiger partial charge in [-0.15, -0.1) is 0 Å². The van der Waals surface area contributed by atoms with Gasteiger partial charge in [0.05, 0.1) is 0 Å². The fourth-order valence-electron chi connectivity index (χ4n) is 1.25. The molecule has 0 radical (unpaired) electrons. The Morgan fingerprint density at radius 1 is 0.600 bits per heavy atom. The molecule has 1 aromatic carbocycles. The molecule has 0 N–H and O–H groups in total. The van der Waals surface area contributed by atoms with Crippen LogP contribution in [-0.4, -0.2) is 21.0 Å². The van der Waals surface area contributed by atoms with Crippen molar-refractivity contribution in [3.63, 3.8) is 0 Å². The molecule has 0 saturated carbocycles. The van der Waals surface area contributed by atoms with Gasteiger partial charge in [-0.1, -0.05) is 13.8 Å². The first-order valence-corrected chi connectivity index (χ1v) is 6.74. The molecule has 0 fully saturated rings. The molecule has 0 atom stereocenters. The van der Waals surface area contributed by atoms with E-state index >= 15 is 0 Å². The fourth-order valence-corrected chi connectivity index (χ4v) is 1.88. The van der Waals surface area contributed by atoms with Crippen LogP contribution in [0.4, 0.5) is 0 Å². The largest absolute Gasteiger partial charge is 0.276 e. The van der Waals surface area contributed by atoms with Crippen LogP contribution < -0.4 is 0 Å². The van der Waals surface area contributed by atoms with Crippen LogP contribution in [0.1, 0.15) is 55.3 Å². The minimum absolute atomic E-state index is 0.331. The Balaban J connectivity index is 0.00000172. The molecular formula is C12H8Cl4O4. The van der Waals surface area contributed by atoms with Crippen LogP contribution in [0.3, 0.4) is 0 Å². The smallest absolute Gasteiger partial charge is 0.253 e. The Kier molecular flexibility index (Phi) is 7.98. The first-order chi connectivity index (χ1) is 9.25. The highest BCUT2D eigenvalue weighted by Crippen LogP contribution is 2.23. The summed E-state index contributed by atoms with van der Waals surface area (Å²) in [5, 5.41) is -4.09. The topological polar surface area (TPSA) is 68.3 Å². The molecule has 0 aliphatic carbocycles. The van der Waals surface area contributed by atoms with E-state index in [-0.39, 0.29) is 22.3 Å². The molecule has 0 aliphatic heterocycles. The normalized spacial score (nSPS) is 9.30. The molecule has 0 aromatic heterocycles. The summed E-state index contributed by atoms with van der Waals surface area (Å²) in [6.07, 6.45) is 0. The van der Waals surface area contributed by atoms with Crippen molar-refractivity contribution in [2.24, 2.45) is 0 Å². The third-order valence-corrected chi connectivity index (χ3v) is 2.82. The van der Waals surface area contributed by atoms with E-state index < -0.39 is 21.0 Å². The second kappa shape index (κ2) is 8.37. The Morgan fingerprint density at radius 3 is 0.850 bits per heavy atom. The number of hydrogen-bond donors (Lipinski definition) is 0. The van der Waals surface area contributed by atoms with Crippen molar-refractivity contribution in [2.75, 3.05) is 0 Å². The highest BCUT2D eigenvalue weighted by Gasteiger charge is 2.23. The average molecular weight is 358 g/mol. The minimum atomic E-state index is -1.02. The number of rotatable bonds is 4. The highest BCUT2D eigenvalue weighted by atomic mass is 35.5. The molecule has 108 valence electrons. The number of benzene rings is 1. The molecule has 0 amide bonds. The fraction of sp³-hybridized carbons (Fsp3) is 0.167. The molecular weight excluding hydrogens is 350 g/mol. The maximum Gasteiger partial charge on any atom is 0.253 e. The van der Waals surface area contributed by atoms with Crippen LogP contribution in [0.2, 0.25) is 0 Å². The maximum absolute atomic E-state index is 11.1. The lowest BCUT2D eigenvalue weighted by atomic mass is 10.0. The predicted octanol–water partition coefficient (Wildman–Crippen LogP) is 4.23. The van der Waals surface area contributed by atoms with Gasteiger partial charge in [-0.2, -0.15) is 0 Å². The van der Waals surface area contributed by atoms with Crippen molar-refractivity contribution < 1.29 is 19.2 Å². The van der Waals surface area contributed by atoms with E-state index in [0.29, 0.717) is 0 Å². The van der Waals surface area contributed by atoms with Crippen LogP contribution in [0.5, 0.6) is 0 Å². The van der Waals surface area contributed by atoms with Gasteiger partial charge >= 0.3 is 0 Å². The molecule has 0 saturated heterocycles. The highest BCUT2D eigenvalue weighted by molar-refractivity contribution is 6.74. The van der Waals surface area contributed by atoms with Gasteiger partial charge in [0.1, 0.15) is 0 Å². The lowest BCUT2D eigenvalue weighted by Crippen LogP contribution is -2.09. The van der Waals surface area contributed by atoms with Gasteiger partial charge in [0.25, 0.3) is 21.0 Å². The van der Waals surface area contributed by atoms with E-state index in [1.54, 1.807) is 0 Å². The molecule has 4 nitrogen and oxygen atoms in total. The van der Waals surface area contributed by atoms with Crippen molar-refractivity contribution in [3.8, 4) is 0 Å². The SMILES string of the molecule is CC.O=C(Cl)c1cc(C(=O)Cl)c(C(=O)Cl)cc1C(=O)Cl. The summed E-state index contributed by atoms with van der Waals surface area (Å²) in [4.78, 5) is 44.4. The van der Waals surface area contributed by atoms with Gasteiger partial charge in [0, 0.05) is 22.3 Å². The third kappa shape index (κ3) is 4.56. The zero-order valence-corrected chi connectivity index (χ0v) is 13.3. The summed E-state index contributed by atoms with van der Waals surface area (Å²) in [7, 11) is 0. The maximum atomic E-state index is 11.1. The lowest BCUT2D eigenvalue weighted by Gasteiger charge is -2.07. The van der Waals surface area contributed by atoms with Crippen LogP contribution >= 0.6 is 46.4 Å². The van der Waals surface area contributed by atoms with E-state index in [4.69, 9.17) is 46.4 Å². The minimum Gasteiger partial charge on any atom is -0.276 e. The summed E-state index contributed by atoms with van der Waals surface area (Å²) < 4.78 is 0. The standard InChI is InChI=1S/C10H2Cl4O4.C2H6/c11-7(15)3-1-4(8(12)16)6(10(14)18)2-5(3)9(13)17;1-2/h1-2H;1-2H3. The predicted molar refractivity (Wildman–Crippen MR) is 78.5 cm³/mol. The van der Waals surface area contributed by atoms with E-state index in [9.17, 15) is 19.2 Å². The molecule has 0 spiro atoms. The van der Waals surface area contributed by atoms with Crippen molar-refractivity contribution in [1.82, 2.24) is 0 Å². The first-order valence-electron chi connectivity index (χ1n) is 5.23. The second-order valence-electron chi connectivity index (χ2n) is 3.04. The lowest BCUT2D eigenvalue weighted by molar-refractivity contribution is 0.104. The third-order valence-electron chi connectivity index (χ3n) is 2.00. The Bertz CT molecular complexity index is 483. The zero-order chi connectivity index (χ0) is 16.0. The summed E-state index contributed by atoms with van der Waals surface area (Å²) in [6.45, 7) is 4.00. The zero-order valence-electron chi connectivity index (χ0n) is 10.3. The first kappa shape index (κ1) is 19.1. The van der Waals surface area contributed by atoms with Crippen LogP contribution in [0.25, 0.3) is 0 Å². The van der Waals surface area contributed by atoms with E-state index in [1.807, 2.05) is 13.8 Å². The van der Waals surface area contributed by atoms with Crippen LogP contribution in [0.15, 0.2) is 12.1 Å². The molecule has 20 heavy (non-hydrogen) atoms. The van der Waals surface area contributed by atoms with Gasteiger partial charge in [-0.05, 0) is 58.5 Å². The molecule has 0 aliphatic rings. The van der Waals surface area contributed by atoms with Gasteiger partial charge < -0.3 is 0 Å². The van der Waals surface area contributed by atoms with E-state index in [1.165, 1.54) is 0 Å². The molecule has 0 bridgehead atoms. The molecule has 0 unspecified atom stereocenters. The number of carbonyl (C=O) groups is 4. The van der Waals surface area contributed by atoms with Crippen LogP contribution in [0, 0.1) is 0 Å². The van der Waals surface area contributed by atoms with Gasteiger partial charge in [0.2, 0.25) is 0 Å². The van der Waals surface area contributed by atoms with Crippen molar-refractivity contribution in [1.29, 1.82) is 0 Å². The van der Waals surface area contributed by atoms with Gasteiger partial charge in [-0.3, -0.25) is 19.2 Å². The number of carbonyl (C=O) groups excluding carboxylic acids is 4. The van der Waals surface area contributed by atoms with Crippen molar-refractivity contribution in [2.45, 2.75) is 13.8 Å². The van der Waals surface area contributed by atoms with E-state index in [2.05, 4.69) is 0 Å². The summed E-state index contributed by atoms with van der Waals surface area (Å²) in [5.74, 6) is 0. The quantitative estimate of drug-likeness (QED) is 0.756. The second-order valence-corrected chi connectivity index (χ2v) is 4.41. The Labute approximate surface area is 134 Å². The Morgan fingerprint density at radius 2 is 0.750 bits per heavy atom.